The van der Waals surface area contributed by atoms with Crippen molar-refractivity contribution < 1.29 is 14.2 Å². The molecule has 0 spiro atoms. The third-order valence-corrected chi connectivity index (χ3v) is 5.04. The number of aromatic amines is 1. The van der Waals surface area contributed by atoms with Crippen LogP contribution in [-0.4, -0.2) is 42.7 Å². The van der Waals surface area contributed by atoms with Crippen LogP contribution in [-0.2, 0) is 24.9 Å². The number of H-pyrrole nitrogens is 1. The van der Waals surface area contributed by atoms with Gasteiger partial charge in [0.05, 0.1) is 27.0 Å². The molecule has 0 fully saturated rings. The maximum atomic E-state index is 12.5. The van der Waals surface area contributed by atoms with Crippen LogP contribution in [0.4, 0.5) is 0 Å². The second-order valence-electron chi connectivity index (χ2n) is 8.04. The highest BCUT2D eigenvalue weighted by Gasteiger charge is 2.26. The highest BCUT2D eigenvalue weighted by atomic mass is 16.5. The van der Waals surface area contributed by atoms with Gasteiger partial charge in [0.25, 0.3) is 5.56 Å². The summed E-state index contributed by atoms with van der Waals surface area (Å²) in [6.07, 6.45) is 0.678. The van der Waals surface area contributed by atoms with Crippen LogP contribution in [0.5, 0.6) is 17.2 Å². The molecule has 1 aliphatic rings. The summed E-state index contributed by atoms with van der Waals surface area (Å²) < 4.78 is 16.4. The van der Waals surface area contributed by atoms with Gasteiger partial charge in [0.15, 0.2) is 11.5 Å². The third kappa shape index (κ3) is 3.85. The van der Waals surface area contributed by atoms with Crippen LogP contribution in [0.3, 0.4) is 0 Å². The molecule has 1 aliphatic heterocycles. The number of fused-ring (bicyclic) bond motifs is 1. The van der Waals surface area contributed by atoms with E-state index in [1.165, 1.54) is 0 Å². The molecule has 0 atom stereocenters. The number of ether oxygens (including phenoxy) is 3. The van der Waals surface area contributed by atoms with Gasteiger partial charge in [0.1, 0.15) is 5.82 Å². The molecule has 2 aromatic rings. The third-order valence-electron chi connectivity index (χ3n) is 5.04. The van der Waals surface area contributed by atoms with Gasteiger partial charge in [-0.15, -0.1) is 0 Å². The van der Waals surface area contributed by atoms with Crippen molar-refractivity contribution in [1.29, 1.82) is 0 Å². The van der Waals surface area contributed by atoms with E-state index < -0.39 is 0 Å². The van der Waals surface area contributed by atoms with Crippen molar-refractivity contribution in [2.75, 3.05) is 27.9 Å². The van der Waals surface area contributed by atoms with Gasteiger partial charge in [-0.25, -0.2) is 4.98 Å². The largest absolute Gasteiger partial charge is 0.493 e. The van der Waals surface area contributed by atoms with Gasteiger partial charge in [-0.2, -0.15) is 0 Å². The Balaban J connectivity index is 1.89. The molecule has 0 bridgehead atoms. The van der Waals surface area contributed by atoms with Crippen molar-refractivity contribution in [2.24, 2.45) is 0 Å². The Morgan fingerprint density at radius 2 is 1.82 bits per heavy atom. The van der Waals surface area contributed by atoms with E-state index in [2.05, 4.69) is 9.88 Å². The van der Waals surface area contributed by atoms with Gasteiger partial charge in [0, 0.05) is 36.2 Å². The highest BCUT2D eigenvalue weighted by molar-refractivity contribution is 5.55. The van der Waals surface area contributed by atoms with E-state index in [4.69, 9.17) is 19.2 Å². The Morgan fingerprint density at radius 3 is 2.43 bits per heavy atom. The maximum absolute atomic E-state index is 12.5. The summed E-state index contributed by atoms with van der Waals surface area (Å²) in [6.45, 7) is 8.22. The molecule has 7 nitrogen and oxygen atoms in total. The molecule has 2 heterocycles. The standard InChI is InChI=1S/C21H29N3O4/c1-21(2,3)20-22-15-12-24(10-9-14(15)19(25)23-20)11-13-7-8-16(26-4)18(28-6)17(13)27-5/h7-8H,9-12H2,1-6H3,(H,22,23,25). The Hall–Kier alpha value is -2.54. The molecule has 28 heavy (non-hydrogen) atoms. The number of hydrogen-bond acceptors (Lipinski definition) is 6. The van der Waals surface area contributed by atoms with Gasteiger partial charge in [0.2, 0.25) is 5.75 Å². The van der Waals surface area contributed by atoms with E-state index >= 15 is 0 Å². The number of methoxy groups -OCH3 is 3. The highest BCUT2D eigenvalue weighted by Crippen LogP contribution is 2.40. The Morgan fingerprint density at radius 1 is 1.11 bits per heavy atom. The van der Waals surface area contributed by atoms with Gasteiger partial charge in [-0.3, -0.25) is 9.69 Å². The Labute approximate surface area is 165 Å². The lowest BCUT2D eigenvalue weighted by Crippen LogP contribution is -2.36. The first kappa shape index (κ1) is 20.2. The second kappa shape index (κ2) is 7.83. The Kier molecular flexibility index (Phi) is 5.65. The molecular weight excluding hydrogens is 358 g/mol. The van der Waals surface area contributed by atoms with Crippen molar-refractivity contribution >= 4 is 0 Å². The molecule has 1 aromatic heterocycles. The summed E-state index contributed by atoms with van der Waals surface area (Å²) in [5.74, 6) is 2.61. The minimum absolute atomic E-state index is 0.0155. The number of aromatic nitrogens is 2. The van der Waals surface area contributed by atoms with Crippen molar-refractivity contribution in [3.8, 4) is 17.2 Å². The van der Waals surface area contributed by atoms with Crippen molar-refractivity contribution in [1.82, 2.24) is 14.9 Å². The topological polar surface area (TPSA) is 76.7 Å². The molecule has 1 N–H and O–H groups in total. The number of hydrogen-bond donors (Lipinski definition) is 1. The minimum Gasteiger partial charge on any atom is -0.493 e. The maximum Gasteiger partial charge on any atom is 0.254 e. The summed E-state index contributed by atoms with van der Waals surface area (Å²) in [7, 11) is 4.84. The average molecular weight is 387 g/mol. The summed E-state index contributed by atoms with van der Waals surface area (Å²) in [4.78, 5) is 22.5. The van der Waals surface area contributed by atoms with Crippen molar-refractivity contribution in [3.05, 3.63) is 45.1 Å². The minimum atomic E-state index is -0.205. The van der Waals surface area contributed by atoms with Crippen LogP contribution in [0.2, 0.25) is 0 Å². The quantitative estimate of drug-likeness (QED) is 0.850. The molecule has 0 saturated heterocycles. The fourth-order valence-corrected chi connectivity index (χ4v) is 3.51. The van der Waals surface area contributed by atoms with E-state index in [1.807, 2.05) is 32.9 Å². The predicted octanol–water partition coefficient (Wildman–Crippen LogP) is 2.65. The molecule has 0 radical (unpaired) electrons. The number of nitrogens with zero attached hydrogens (tertiary/aromatic N) is 2. The lowest BCUT2D eigenvalue weighted by atomic mass is 9.95. The van der Waals surface area contributed by atoms with Crippen LogP contribution in [0.25, 0.3) is 0 Å². The molecule has 3 rings (SSSR count). The molecule has 0 saturated carbocycles. The molecule has 0 aliphatic carbocycles. The summed E-state index contributed by atoms with van der Waals surface area (Å²) in [5.41, 5.74) is 2.44. The molecule has 7 heteroatoms. The number of benzene rings is 1. The number of rotatable bonds is 5. The van der Waals surface area contributed by atoms with Gasteiger partial charge < -0.3 is 19.2 Å². The summed E-state index contributed by atoms with van der Waals surface area (Å²) >= 11 is 0. The zero-order valence-electron chi connectivity index (χ0n) is 17.5. The van der Waals surface area contributed by atoms with Crippen LogP contribution in [0.15, 0.2) is 16.9 Å². The lowest BCUT2D eigenvalue weighted by Gasteiger charge is -2.29. The fourth-order valence-electron chi connectivity index (χ4n) is 3.51. The Bertz CT molecular complexity index is 915. The van der Waals surface area contributed by atoms with Crippen LogP contribution < -0.4 is 19.8 Å². The van der Waals surface area contributed by atoms with Crippen molar-refractivity contribution in [3.63, 3.8) is 0 Å². The molecule has 1 aromatic carbocycles. The molecular formula is C21H29N3O4. The van der Waals surface area contributed by atoms with Crippen LogP contribution >= 0.6 is 0 Å². The van der Waals surface area contributed by atoms with Gasteiger partial charge in [-0.1, -0.05) is 26.8 Å². The van der Waals surface area contributed by atoms with Crippen LogP contribution in [0.1, 0.15) is 43.4 Å². The fraction of sp³-hybridized carbons (Fsp3) is 0.524. The number of nitrogens with one attached hydrogen (secondary N) is 1. The second-order valence-corrected chi connectivity index (χ2v) is 8.04. The summed E-state index contributed by atoms with van der Waals surface area (Å²) in [6, 6.07) is 3.87. The monoisotopic (exact) mass is 387 g/mol. The normalized spacial score (nSPS) is 14.5. The zero-order chi connectivity index (χ0) is 20.5. The van der Waals surface area contributed by atoms with Crippen LogP contribution in [0, 0.1) is 0 Å². The summed E-state index contributed by atoms with van der Waals surface area (Å²) in [5, 5.41) is 0. The predicted molar refractivity (Wildman–Crippen MR) is 107 cm³/mol. The van der Waals surface area contributed by atoms with E-state index in [0.717, 1.165) is 29.2 Å². The lowest BCUT2D eigenvalue weighted by molar-refractivity contribution is 0.234. The average Bonchev–Trinajstić information content (AvgIpc) is 2.66. The van der Waals surface area contributed by atoms with E-state index in [0.29, 0.717) is 36.8 Å². The van der Waals surface area contributed by atoms with Gasteiger partial charge >= 0.3 is 0 Å². The molecule has 0 amide bonds. The molecule has 0 unspecified atom stereocenters. The van der Waals surface area contributed by atoms with E-state index in [-0.39, 0.29) is 11.0 Å². The zero-order valence-corrected chi connectivity index (χ0v) is 17.5. The first-order valence-electron chi connectivity index (χ1n) is 9.41. The molecule has 152 valence electrons. The first-order valence-corrected chi connectivity index (χ1v) is 9.41. The smallest absolute Gasteiger partial charge is 0.254 e. The first-order chi connectivity index (χ1) is 13.3. The van der Waals surface area contributed by atoms with E-state index in [1.54, 1.807) is 21.3 Å². The van der Waals surface area contributed by atoms with Gasteiger partial charge in [-0.05, 0) is 12.5 Å². The SMILES string of the molecule is COc1ccc(CN2CCc3c(nc(C(C)(C)C)[nH]c3=O)C2)c(OC)c1OC. The van der Waals surface area contributed by atoms with Crippen molar-refractivity contribution in [2.45, 2.75) is 45.7 Å². The van der Waals surface area contributed by atoms with E-state index in [9.17, 15) is 4.79 Å².